The summed E-state index contributed by atoms with van der Waals surface area (Å²) in [5.41, 5.74) is 0. The molecule has 0 fully saturated rings. The van der Waals surface area contributed by atoms with E-state index in [1.54, 1.807) is 0 Å². The molecule has 0 N–H and O–H groups in total. The minimum absolute atomic E-state index is 0. The summed E-state index contributed by atoms with van der Waals surface area (Å²) in [4.78, 5) is 17.4. The second kappa shape index (κ2) is 5.46. The number of aliphatic carboxylic acids is 2. The third-order valence-corrected chi connectivity index (χ3v) is 1.16. The fourth-order valence-corrected chi connectivity index (χ4v) is 0.0962. The number of carboxylic acid groups (broad SMARTS) is 2. The van der Waals surface area contributed by atoms with E-state index in [1.807, 2.05) is 0 Å². The van der Waals surface area contributed by atoms with E-state index in [1.165, 1.54) is 0 Å². The first kappa shape index (κ1) is 12.4. The van der Waals surface area contributed by atoms with Crippen LogP contribution in [0.3, 0.4) is 0 Å². The van der Waals surface area contributed by atoms with E-state index in [0.717, 1.165) is 0 Å². The summed E-state index contributed by atoms with van der Waals surface area (Å²) in [6, 6.07) is 0. The van der Waals surface area contributed by atoms with Gasteiger partial charge >= 0.3 is 37.7 Å². The predicted octanol–water partition coefficient (Wildman–Crippen LogP) is -3.13. The Bertz CT molecular complexity index is 111. The third-order valence-electron chi connectivity index (χ3n) is 0.414. The van der Waals surface area contributed by atoms with Gasteiger partial charge in [0.1, 0.15) is 0 Å². The van der Waals surface area contributed by atoms with E-state index in [-0.39, 0.29) is 37.7 Å². The average molecular weight is 221 g/mol. The molecular weight excluding hydrogens is 220 g/mol. The van der Waals surface area contributed by atoms with Gasteiger partial charge in [0.15, 0.2) is 0 Å². The average Bonchev–Trinajstić information content (AvgIpc) is 1.64. The van der Waals surface area contributed by atoms with Crippen LogP contribution >= 0.6 is 15.9 Å². The van der Waals surface area contributed by atoms with E-state index in [4.69, 9.17) is 0 Å². The first-order chi connectivity index (χ1) is 3.55. The second-order valence-electron chi connectivity index (χ2n) is 1.00. The minimum atomic E-state index is -1.71. The molecular formula is C3HBrCaO4. The summed E-state index contributed by atoms with van der Waals surface area (Å²) in [6.07, 6.45) is 0. The molecule has 0 aliphatic rings. The Hall–Kier alpha value is 0.680. The van der Waals surface area contributed by atoms with Crippen molar-refractivity contribution in [1.82, 2.24) is 0 Å². The molecule has 0 aromatic rings. The molecule has 0 saturated carbocycles. The molecule has 46 valence electrons. The fraction of sp³-hybridized carbons (Fsp3) is 0.333. The summed E-state index contributed by atoms with van der Waals surface area (Å²) in [5.74, 6) is -3.41. The van der Waals surface area contributed by atoms with Crippen LogP contribution in [0.25, 0.3) is 0 Å². The largest absolute Gasteiger partial charge is 2.00 e. The Balaban J connectivity index is 0. The van der Waals surface area contributed by atoms with Gasteiger partial charge < -0.3 is 19.8 Å². The van der Waals surface area contributed by atoms with E-state index >= 15 is 0 Å². The molecule has 4 nitrogen and oxygen atoms in total. The molecule has 0 rings (SSSR count). The number of hydrogen-bond donors (Lipinski definition) is 0. The van der Waals surface area contributed by atoms with Crippen LogP contribution in [-0.4, -0.2) is 54.5 Å². The van der Waals surface area contributed by atoms with Crippen molar-refractivity contribution >= 4 is 65.6 Å². The van der Waals surface area contributed by atoms with Gasteiger partial charge in [0.25, 0.3) is 0 Å². The van der Waals surface area contributed by atoms with Gasteiger partial charge in [-0.25, -0.2) is 0 Å². The Morgan fingerprint density at radius 2 is 1.44 bits per heavy atom. The van der Waals surface area contributed by atoms with Gasteiger partial charge in [0, 0.05) is 0 Å². The van der Waals surface area contributed by atoms with Crippen LogP contribution in [0.2, 0.25) is 0 Å². The molecule has 0 aliphatic carbocycles. The number of alkyl halides is 1. The van der Waals surface area contributed by atoms with Crippen molar-refractivity contribution in [2.75, 3.05) is 0 Å². The standard InChI is InChI=1S/C3H3BrO4.Ca/c4-1(2(5)6)3(7)8;/h1H,(H,5,6)(H,7,8);/q;+2/p-2. The van der Waals surface area contributed by atoms with E-state index in [9.17, 15) is 19.8 Å². The van der Waals surface area contributed by atoms with Crippen molar-refractivity contribution < 1.29 is 19.8 Å². The van der Waals surface area contributed by atoms with Crippen LogP contribution in [-0.2, 0) is 9.59 Å². The maximum Gasteiger partial charge on any atom is 2.00 e. The van der Waals surface area contributed by atoms with E-state index in [2.05, 4.69) is 15.9 Å². The Labute approximate surface area is 89.4 Å². The number of halogens is 1. The molecule has 0 spiro atoms. The summed E-state index contributed by atoms with van der Waals surface area (Å²) in [5, 5.41) is 19.1. The van der Waals surface area contributed by atoms with Crippen LogP contribution in [0.5, 0.6) is 0 Å². The second-order valence-corrected chi connectivity index (χ2v) is 1.92. The molecule has 0 aliphatic heterocycles. The van der Waals surface area contributed by atoms with Gasteiger partial charge in [-0.3, -0.25) is 0 Å². The smallest absolute Gasteiger partial charge is 0.549 e. The third kappa shape index (κ3) is 5.14. The summed E-state index contributed by atoms with van der Waals surface area (Å²) < 4.78 is 0. The summed E-state index contributed by atoms with van der Waals surface area (Å²) >= 11 is 2.28. The normalized spacial score (nSPS) is 8.22. The molecule has 0 bridgehead atoms. The first-order valence-electron chi connectivity index (χ1n) is 1.61. The van der Waals surface area contributed by atoms with Crippen molar-refractivity contribution in [3.05, 3.63) is 0 Å². The quantitative estimate of drug-likeness (QED) is 0.280. The van der Waals surface area contributed by atoms with Crippen molar-refractivity contribution in [2.45, 2.75) is 4.83 Å². The minimum Gasteiger partial charge on any atom is -0.549 e. The van der Waals surface area contributed by atoms with Crippen LogP contribution < -0.4 is 10.2 Å². The zero-order valence-corrected chi connectivity index (χ0v) is 8.09. The number of rotatable bonds is 2. The Morgan fingerprint density at radius 3 is 1.44 bits per heavy atom. The van der Waals surface area contributed by atoms with Gasteiger partial charge in [0.05, 0.1) is 16.8 Å². The topological polar surface area (TPSA) is 80.3 Å². The first-order valence-corrected chi connectivity index (χ1v) is 2.53. The zero-order valence-electron chi connectivity index (χ0n) is 4.30. The molecule has 0 atom stereocenters. The van der Waals surface area contributed by atoms with Crippen LogP contribution in [0, 0.1) is 0 Å². The molecule has 0 aromatic carbocycles. The molecule has 0 saturated heterocycles. The molecule has 0 aromatic heterocycles. The number of hydrogen-bond acceptors (Lipinski definition) is 4. The monoisotopic (exact) mass is 220 g/mol. The SMILES string of the molecule is O=C([O-])C(Br)C(=O)[O-].[Ca+2]. The van der Waals surface area contributed by atoms with E-state index < -0.39 is 16.8 Å². The number of carboxylic acids is 2. The Kier molecular flexibility index (Phi) is 7.51. The molecule has 6 heteroatoms. The number of carbonyl (C=O) groups excluding carboxylic acids is 2. The molecule has 9 heavy (non-hydrogen) atoms. The summed E-state index contributed by atoms with van der Waals surface area (Å²) in [7, 11) is 0. The molecule has 0 heterocycles. The van der Waals surface area contributed by atoms with Crippen LogP contribution in [0.15, 0.2) is 0 Å². The maximum atomic E-state index is 9.56. The van der Waals surface area contributed by atoms with Crippen LogP contribution in [0.4, 0.5) is 0 Å². The Morgan fingerprint density at radius 1 is 1.22 bits per heavy atom. The van der Waals surface area contributed by atoms with E-state index in [0.29, 0.717) is 0 Å². The van der Waals surface area contributed by atoms with Gasteiger partial charge in [-0.15, -0.1) is 0 Å². The maximum absolute atomic E-state index is 9.56. The van der Waals surface area contributed by atoms with Gasteiger partial charge in [-0.05, 0) is 0 Å². The van der Waals surface area contributed by atoms with Crippen molar-refractivity contribution in [2.24, 2.45) is 0 Å². The van der Waals surface area contributed by atoms with Crippen molar-refractivity contribution in [3.8, 4) is 0 Å². The van der Waals surface area contributed by atoms with Crippen molar-refractivity contribution in [3.63, 3.8) is 0 Å². The van der Waals surface area contributed by atoms with Gasteiger partial charge in [-0.1, -0.05) is 15.9 Å². The summed E-state index contributed by atoms with van der Waals surface area (Å²) in [6.45, 7) is 0. The number of carbonyl (C=O) groups is 2. The molecule has 0 radical (unpaired) electrons. The molecule has 0 unspecified atom stereocenters. The van der Waals surface area contributed by atoms with Crippen LogP contribution in [0.1, 0.15) is 0 Å². The predicted molar refractivity (Wildman–Crippen MR) is 28.5 cm³/mol. The molecule has 0 amide bonds. The zero-order chi connectivity index (χ0) is 6.73. The van der Waals surface area contributed by atoms with Crippen molar-refractivity contribution in [1.29, 1.82) is 0 Å². The van der Waals surface area contributed by atoms with Gasteiger partial charge in [-0.2, -0.15) is 0 Å². The van der Waals surface area contributed by atoms with Gasteiger partial charge in [0.2, 0.25) is 0 Å². The fourth-order valence-electron chi connectivity index (χ4n) is 0.0962.